The van der Waals surface area contributed by atoms with E-state index in [0.717, 1.165) is 11.3 Å². The van der Waals surface area contributed by atoms with Crippen LogP contribution < -0.4 is 14.8 Å². The molecule has 4 aromatic carbocycles. The van der Waals surface area contributed by atoms with Gasteiger partial charge in [-0.1, -0.05) is 30.3 Å². The van der Waals surface area contributed by atoms with Crippen LogP contribution in [0, 0.1) is 15.9 Å². The maximum atomic E-state index is 14.8. The summed E-state index contributed by atoms with van der Waals surface area (Å²) < 4.78 is 27.3. The van der Waals surface area contributed by atoms with Crippen molar-refractivity contribution in [3.05, 3.63) is 124 Å². The Morgan fingerprint density at radius 3 is 2.46 bits per heavy atom. The fourth-order valence-corrected chi connectivity index (χ4v) is 4.06. The van der Waals surface area contributed by atoms with E-state index >= 15 is 0 Å². The molecular weight excluding hydrogens is 529 g/mol. The van der Waals surface area contributed by atoms with Crippen molar-refractivity contribution in [2.24, 2.45) is 0 Å². The maximum Gasteiger partial charge on any atom is 0.336 e. The van der Waals surface area contributed by atoms with Gasteiger partial charge in [0.25, 0.3) is 11.6 Å². The number of non-ortho nitro benzene ring substituents is 1. The quantitative estimate of drug-likeness (QED) is 0.170. The number of amides is 1. The van der Waals surface area contributed by atoms with Gasteiger partial charge in [0.05, 0.1) is 29.9 Å². The van der Waals surface area contributed by atoms with Crippen molar-refractivity contribution in [2.75, 3.05) is 19.0 Å². The lowest BCUT2D eigenvalue weighted by molar-refractivity contribution is -0.384. The van der Waals surface area contributed by atoms with Crippen molar-refractivity contribution < 1.29 is 23.6 Å². The number of methoxy groups -OCH3 is 1. The van der Waals surface area contributed by atoms with E-state index in [9.17, 15) is 19.3 Å². The molecule has 1 N–H and O–H groups in total. The SMILES string of the molecule is COc1ccc(CCOc2nc(-c3ccccc3F)n(-c3cccc(NC(=O)c4ccc([N+](=O)[O-])cc4)c3)n2)cc1. The average molecular weight is 554 g/mol. The van der Waals surface area contributed by atoms with Gasteiger partial charge in [-0.05, 0) is 60.2 Å². The molecule has 0 aliphatic rings. The summed E-state index contributed by atoms with van der Waals surface area (Å²) in [6, 6.07) is 25.9. The van der Waals surface area contributed by atoms with Crippen molar-refractivity contribution in [1.82, 2.24) is 14.8 Å². The minimum Gasteiger partial charge on any atom is -0.497 e. The Morgan fingerprint density at radius 2 is 1.76 bits per heavy atom. The van der Waals surface area contributed by atoms with Gasteiger partial charge in [-0.15, -0.1) is 5.10 Å². The second kappa shape index (κ2) is 12.1. The van der Waals surface area contributed by atoms with Crippen LogP contribution in [0.5, 0.6) is 11.8 Å². The standard InChI is InChI=1S/C30H24FN5O5/c1-40-25-15-9-20(10-16-25)17-18-41-30-33-28(26-7-2-3-8-27(26)31)35(34-30)24-6-4-5-22(19-24)32-29(37)21-11-13-23(14-12-21)36(38)39/h2-16,19H,17-18H2,1H3,(H,32,37). The molecule has 0 spiro atoms. The summed E-state index contributed by atoms with van der Waals surface area (Å²) in [5.74, 6) is 0.0539. The van der Waals surface area contributed by atoms with E-state index in [0.29, 0.717) is 24.4 Å². The van der Waals surface area contributed by atoms with E-state index in [1.54, 1.807) is 49.6 Å². The lowest BCUT2D eigenvalue weighted by atomic mass is 10.1. The minimum absolute atomic E-state index is 0.0667. The monoisotopic (exact) mass is 553 g/mol. The Hall–Kier alpha value is -5.58. The van der Waals surface area contributed by atoms with E-state index < -0.39 is 16.6 Å². The molecule has 0 saturated heterocycles. The number of nitrogens with one attached hydrogen (secondary N) is 1. The second-order valence-corrected chi connectivity index (χ2v) is 8.86. The van der Waals surface area contributed by atoms with Crippen LogP contribution in [0.3, 0.4) is 0 Å². The zero-order valence-electron chi connectivity index (χ0n) is 21.9. The number of hydrogen-bond donors (Lipinski definition) is 1. The molecule has 5 rings (SSSR count). The van der Waals surface area contributed by atoms with Gasteiger partial charge >= 0.3 is 6.01 Å². The molecule has 206 valence electrons. The van der Waals surface area contributed by atoms with Crippen LogP contribution in [-0.2, 0) is 6.42 Å². The van der Waals surface area contributed by atoms with Crippen LogP contribution in [0.4, 0.5) is 15.8 Å². The lowest BCUT2D eigenvalue weighted by Crippen LogP contribution is -2.12. The van der Waals surface area contributed by atoms with E-state index in [4.69, 9.17) is 9.47 Å². The molecule has 41 heavy (non-hydrogen) atoms. The van der Waals surface area contributed by atoms with Crippen molar-refractivity contribution in [3.63, 3.8) is 0 Å². The highest BCUT2D eigenvalue weighted by Gasteiger charge is 2.18. The topological polar surface area (TPSA) is 121 Å². The summed E-state index contributed by atoms with van der Waals surface area (Å²) in [5.41, 5.74) is 2.34. The number of carbonyl (C=O) groups is 1. The predicted molar refractivity (Wildman–Crippen MR) is 150 cm³/mol. The van der Waals surface area contributed by atoms with Crippen molar-refractivity contribution in [3.8, 4) is 28.8 Å². The third kappa shape index (κ3) is 6.36. The molecule has 0 saturated carbocycles. The van der Waals surface area contributed by atoms with Gasteiger partial charge in [0.1, 0.15) is 11.6 Å². The summed E-state index contributed by atoms with van der Waals surface area (Å²) in [4.78, 5) is 27.6. The minimum atomic E-state index is -0.534. The summed E-state index contributed by atoms with van der Waals surface area (Å²) in [7, 11) is 1.61. The normalized spacial score (nSPS) is 10.7. The average Bonchev–Trinajstić information content (AvgIpc) is 3.42. The number of nitrogens with zero attached hydrogens (tertiary/aromatic N) is 4. The molecule has 0 atom stereocenters. The molecule has 0 fully saturated rings. The number of aromatic nitrogens is 3. The number of hydrogen-bond acceptors (Lipinski definition) is 7. The van der Waals surface area contributed by atoms with Crippen molar-refractivity contribution in [1.29, 1.82) is 0 Å². The Morgan fingerprint density at radius 1 is 1.00 bits per heavy atom. The summed E-state index contributed by atoms with van der Waals surface area (Å²) in [6.45, 7) is 0.290. The van der Waals surface area contributed by atoms with Crippen LogP contribution >= 0.6 is 0 Å². The van der Waals surface area contributed by atoms with Crippen LogP contribution in [0.2, 0.25) is 0 Å². The summed E-state index contributed by atoms with van der Waals surface area (Å²) in [5, 5.41) is 18.1. The van der Waals surface area contributed by atoms with Crippen molar-refractivity contribution in [2.45, 2.75) is 6.42 Å². The lowest BCUT2D eigenvalue weighted by Gasteiger charge is -2.10. The Kier molecular flexibility index (Phi) is 7.95. The number of anilines is 1. The highest BCUT2D eigenvalue weighted by molar-refractivity contribution is 6.04. The molecule has 0 aliphatic heterocycles. The van der Waals surface area contributed by atoms with Crippen LogP contribution in [0.25, 0.3) is 17.1 Å². The Labute approximate surface area is 234 Å². The van der Waals surface area contributed by atoms with E-state index in [1.165, 1.54) is 35.0 Å². The molecule has 1 heterocycles. The number of ether oxygens (including phenoxy) is 2. The first-order valence-corrected chi connectivity index (χ1v) is 12.6. The highest BCUT2D eigenvalue weighted by atomic mass is 19.1. The molecule has 10 nitrogen and oxygen atoms in total. The van der Waals surface area contributed by atoms with Crippen molar-refractivity contribution >= 4 is 17.3 Å². The van der Waals surface area contributed by atoms with Gasteiger partial charge < -0.3 is 14.8 Å². The fourth-order valence-electron chi connectivity index (χ4n) is 4.06. The Balaban J connectivity index is 1.38. The number of rotatable bonds is 10. The molecule has 5 aromatic rings. The van der Waals surface area contributed by atoms with Crippen LogP contribution in [0.1, 0.15) is 15.9 Å². The van der Waals surface area contributed by atoms with Gasteiger partial charge in [-0.2, -0.15) is 4.98 Å². The van der Waals surface area contributed by atoms with Gasteiger partial charge in [-0.25, -0.2) is 9.07 Å². The zero-order valence-corrected chi connectivity index (χ0v) is 21.9. The zero-order chi connectivity index (χ0) is 28.8. The van der Waals surface area contributed by atoms with Gasteiger partial charge in [0.2, 0.25) is 0 Å². The van der Waals surface area contributed by atoms with Crippen LogP contribution in [0.15, 0.2) is 97.1 Å². The number of nitro groups is 1. The molecule has 1 amide bonds. The third-order valence-corrected chi connectivity index (χ3v) is 6.17. The first kappa shape index (κ1) is 27.0. The number of benzene rings is 4. The first-order chi connectivity index (χ1) is 19.9. The largest absolute Gasteiger partial charge is 0.497 e. The van der Waals surface area contributed by atoms with Crippen LogP contribution in [-0.4, -0.2) is 39.3 Å². The van der Waals surface area contributed by atoms with E-state index in [1.807, 2.05) is 24.3 Å². The fraction of sp³-hybridized carbons (Fsp3) is 0.100. The smallest absolute Gasteiger partial charge is 0.336 e. The molecule has 0 radical (unpaired) electrons. The molecule has 11 heteroatoms. The first-order valence-electron chi connectivity index (χ1n) is 12.6. The molecule has 0 unspecified atom stereocenters. The summed E-state index contributed by atoms with van der Waals surface area (Å²) >= 11 is 0. The third-order valence-electron chi connectivity index (χ3n) is 6.17. The van der Waals surface area contributed by atoms with Gasteiger partial charge in [0, 0.05) is 29.8 Å². The second-order valence-electron chi connectivity index (χ2n) is 8.86. The molecular formula is C30H24FN5O5. The Bertz CT molecular complexity index is 1690. The molecule has 1 aromatic heterocycles. The molecule has 0 bridgehead atoms. The predicted octanol–water partition coefficient (Wildman–Crippen LogP) is 5.86. The molecule has 0 aliphatic carbocycles. The van der Waals surface area contributed by atoms with Gasteiger partial charge in [0.15, 0.2) is 5.82 Å². The van der Waals surface area contributed by atoms with E-state index in [-0.39, 0.29) is 28.6 Å². The van der Waals surface area contributed by atoms with E-state index in [2.05, 4.69) is 15.4 Å². The number of carbonyl (C=O) groups excluding carboxylic acids is 1. The summed E-state index contributed by atoms with van der Waals surface area (Å²) in [6.07, 6.45) is 0.595. The van der Waals surface area contributed by atoms with Gasteiger partial charge in [-0.3, -0.25) is 14.9 Å². The highest BCUT2D eigenvalue weighted by Crippen LogP contribution is 2.27. The number of halogens is 1. The maximum absolute atomic E-state index is 14.8. The number of nitro benzene ring substituents is 1.